The zero-order valence-corrected chi connectivity index (χ0v) is 11.9. The molecular weight excluding hydrogens is 260 g/mol. The highest BCUT2D eigenvalue weighted by Gasteiger charge is 2.17. The fourth-order valence-electron chi connectivity index (χ4n) is 1.89. The first-order valence-corrected chi connectivity index (χ1v) is 6.84. The van der Waals surface area contributed by atoms with Crippen LogP contribution in [0.5, 0.6) is 0 Å². The monoisotopic (exact) mass is 280 g/mol. The third-order valence-electron chi connectivity index (χ3n) is 2.99. The zero-order valence-electron chi connectivity index (χ0n) is 11.9. The Hall–Kier alpha value is -1.89. The lowest BCUT2D eigenvalue weighted by Gasteiger charge is -2.20. The van der Waals surface area contributed by atoms with Gasteiger partial charge in [-0.05, 0) is 25.0 Å². The van der Waals surface area contributed by atoms with Crippen LogP contribution >= 0.6 is 0 Å². The van der Waals surface area contributed by atoms with E-state index in [4.69, 9.17) is 9.26 Å². The summed E-state index contributed by atoms with van der Waals surface area (Å²) >= 11 is 0. The second-order valence-electron chi connectivity index (χ2n) is 4.79. The molecule has 20 heavy (non-hydrogen) atoms. The number of anilines is 1. The van der Waals surface area contributed by atoms with E-state index in [-0.39, 0.29) is 5.95 Å². The summed E-state index contributed by atoms with van der Waals surface area (Å²) in [5, 5.41) is 6.18. The smallest absolute Gasteiger partial charge is 0.414 e. The van der Waals surface area contributed by atoms with Crippen molar-refractivity contribution in [2.45, 2.75) is 26.2 Å². The topological polar surface area (TPSA) is 80.5 Å². The Kier molecular flexibility index (Phi) is 5.11. The molecule has 1 aromatic heterocycles. The fourth-order valence-corrected chi connectivity index (χ4v) is 1.89. The number of carbonyl (C=O) groups is 1. The largest absolute Gasteiger partial charge is 0.449 e. The number of unbranched alkanes of at least 4 members (excludes halogenated alkanes) is 1. The van der Waals surface area contributed by atoms with Crippen molar-refractivity contribution in [3.63, 3.8) is 0 Å². The average molecular weight is 280 g/mol. The predicted molar refractivity (Wildman–Crippen MR) is 74.3 cm³/mol. The standard InChI is InChI=1S/C13H20N4O3/c1-3-4-8-19-13(18)15-12-14-11(20-16-12)10-6-5-7-17(2)9-10/h6H,3-5,7-9H2,1-2H3,(H,15,16,18). The second-order valence-corrected chi connectivity index (χ2v) is 4.79. The number of aromatic nitrogens is 2. The summed E-state index contributed by atoms with van der Waals surface area (Å²) in [6, 6.07) is 0. The summed E-state index contributed by atoms with van der Waals surface area (Å²) in [5.74, 6) is 0.580. The van der Waals surface area contributed by atoms with E-state index < -0.39 is 6.09 Å². The van der Waals surface area contributed by atoms with Crippen LogP contribution in [-0.4, -0.2) is 47.9 Å². The normalized spacial score (nSPS) is 15.8. The van der Waals surface area contributed by atoms with Gasteiger partial charge in [-0.25, -0.2) is 4.79 Å². The molecule has 0 spiro atoms. The summed E-state index contributed by atoms with van der Waals surface area (Å²) in [4.78, 5) is 17.8. The van der Waals surface area contributed by atoms with Crippen LogP contribution in [-0.2, 0) is 4.74 Å². The Labute approximate surface area is 118 Å². The highest BCUT2D eigenvalue weighted by molar-refractivity contribution is 5.82. The molecular formula is C13H20N4O3. The maximum Gasteiger partial charge on any atom is 0.414 e. The maximum atomic E-state index is 11.4. The van der Waals surface area contributed by atoms with Gasteiger partial charge in [-0.2, -0.15) is 4.98 Å². The van der Waals surface area contributed by atoms with Gasteiger partial charge < -0.3 is 14.2 Å². The molecule has 110 valence electrons. The summed E-state index contributed by atoms with van der Waals surface area (Å²) < 4.78 is 10.1. The molecule has 0 saturated carbocycles. The highest BCUT2D eigenvalue weighted by Crippen LogP contribution is 2.19. The first-order valence-electron chi connectivity index (χ1n) is 6.84. The van der Waals surface area contributed by atoms with E-state index in [1.165, 1.54) is 0 Å². The zero-order chi connectivity index (χ0) is 14.4. The summed E-state index contributed by atoms with van der Waals surface area (Å²) in [7, 11) is 2.04. The number of hydrogen-bond donors (Lipinski definition) is 1. The minimum absolute atomic E-state index is 0.135. The van der Waals surface area contributed by atoms with Crippen LogP contribution in [0.3, 0.4) is 0 Å². The Morgan fingerprint density at radius 3 is 3.20 bits per heavy atom. The van der Waals surface area contributed by atoms with Crippen LogP contribution in [0.2, 0.25) is 0 Å². The van der Waals surface area contributed by atoms with Crippen molar-refractivity contribution < 1.29 is 14.1 Å². The number of amides is 1. The van der Waals surface area contributed by atoms with Gasteiger partial charge >= 0.3 is 6.09 Å². The van der Waals surface area contributed by atoms with E-state index in [1.54, 1.807) is 0 Å². The minimum Gasteiger partial charge on any atom is -0.449 e. The lowest BCUT2D eigenvalue weighted by molar-refractivity contribution is 0.159. The first kappa shape index (κ1) is 14.5. The van der Waals surface area contributed by atoms with Gasteiger partial charge in [0, 0.05) is 18.7 Å². The van der Waals surface area contributed by atoms with E-state index in [0.29, 0.717) is 12.5 Å². The molecule has 1 aromatic rings. The molecule has 1 aliphatic heterocycles. The van der Waals surface area contributed by atoms with Gasteiger partial charge in [-0.1, -0.05) is 19.4 Å². The molecule has 1 aliphatic rings. The predicted octanol–water partition coefficient (Wildman–Crippen LogP) is 2.14. The second kappa shape index (κ2) is 7.04. The van der Waals surface area contributed by atoms with E-state index in [1.807, 2.05) is 14.0 Å². The number of likely N-dealkylation sites (N-methyl/N-ethyl adjacent to an activating group) is 1. The van der Waals surface area contributed by atoms with Crippen molar-refractivity contribution in [2.24, 2.45) is 0 Å². The maximum absolute atomic E-state index is 11.4. The van der Waals surface area contributed by atoms with E-state index in [9.17, 15) is 4.79 Å². The molecule has 1 N–H and O–H groups in total. The summed E-state index contributed by atoms with van der Waals surface area (Å²) in [6.07, 6.45) is 4.29. The molecule has 7 heteroatoms. The lowest BCUT2D eigenvalue weighted by Crippen LogP contribution is -2.25. The van der Waals surface area contributed by atoms with Crippen molar-refractivity contribution >= 4 is 17.6 Å². The number of carbonyl (C=O) groups excluding carboxylic acids is 1. The Bertz CT molecular complexity index is 484. The number of rotatable bonds is 5. The Morgan fingerprint density at radius 2 is 2.45 bits per heavy atom. The minimum atomic E-state index is -0.555. The Morgan fingerprint density at radius 1 is 1.60 bits per heavy atom. The molecule has 2 rings (SSSR count). The quantitative estimate of drug-likeness (QED) is 0.832. The first-order chi connectivity index (χ1) is 9.69. The van der Waals surface area contributed by atoms with Gasteiger partial charge in [0.2, 0.25) is 0 Å². The SMILES string of the molecule is CCCCOC(=O)Nc1noc(C2=CCCN(C)C2)n1. The van der Waals surface area contributed by atoms with Gasteiger partial charge in [-0.3, -0.25) is 5.32 Å². The molecule has 0 saturated heterocycles. The lowest BCUT2D eigenvalue weighted by atomic mass is 10.1. The van der Waals surface area contributed by atoms with Gasteiger partial charge in [0.1, 0.15) is 0 Å². The van der Waals surface area contributed by atoms with Crippen molar-refractivity contribution in [2.75, 3.05) is 32.1 Å². The van der Waals surface area contributed by atoms with E-state index >= 15 is 0 Å². The molecule has 0 bridgehead atoms. The molecule has 0 aliphatic carbocycles. The summed E-state index contributed by atoms with van der Waals surface area (Å²) in [5.41, 5.74) is 0.985. The molecule has 1 amide bonds. The van der Waals surface area contributed by atoms with Gasteiger partial charge in [0.15, 0.2) is 0 Å². The van der Waals surface area contributed by atoms with Gasteiger partial charge in [-0.15, -0.1) is 0 Å². The third-order valence-corrected chi connectivity index (χ3v) is 2.99. The molecule has 0 unspecified atom stereocenters. The van der Waals surface area contributed by atoms with Crippen LogP contribution < -0.4 is 5.32 Å². The molecule has 0 aromatic carbocycles. The van der Waals surface area contributed by atoms with Crippen molar-refractivity contribution in [1.82, 2.24) is 15.0 Å². The van der Waals surface area contributed by atoms with Gasteiger partial charge in [0.05, 0.1) is 6.61 Å². The average Bonchev–Trinajstić information content (AvgIpc) is 2.87. The molecule has 0 atom stereocenters. The van der Waals surface area contributed by atoms with Gasteiger partial charge in [0.25, 0.3) is 11.8 Å². The number of hydrogen-bond acceptors (Lipinski definition) is 6. The molecule has 0 fully saturated rings. The van der Waals surface area contributed by atoms with Crippen LogP contribution in [0, 0.1) is 0 Å². The van der Waals surface area contributed by atoms with Crippen molar-refractivity contribution in [1.29, 1.82) is 0 Å². The van der Waals surface area contributed by atoms with Crippen LogP contribution in [0.4, 0.5) is 10.7 Å². The number of nitrogens with one attached hydrogen (secondary N) is 1. The highest BCUT2D eigenvalue weighted by atomic mass is 16.5. The van der Waals surface area contributed by atoms with E-state index in [2.05, 4.69) is 26.4 Å². The molecule has 2 heterocycles. The number of ether oxygens (including phenoxy) is 1. The number of nitrogens with zero attached hydrogens (tertiary/aromatic N) is 3. The summed E-state index contributed by atoms with van der Waals surface area (Å²) in [6.45, 7) is 4.21. The van der Waals surface area contributed by atoms with Crippen LogP contribution in [0.1, 0.15) is 32.1 Å². The Balaban J connectivity index is 1.89. The van der Waals surface area contributed by atoms with Crippen LogP contribution in [0.25, 0.3) is 5.57 Å². The molecule has 7 nitrogen and oxygen atoms in total. The third kappa shape index (κ3) is 4.06. The van der Waals surface area contributed by atoms with Crippen molar-refractivity contribution in [3.05, 3.63) is 12.0 Å². The van der Waals surface area contributed by atoms with Crippen LogP contribution in [0.15, 0.2) is 10.6 Å². The molecule has 0 radical (unpaired) electrons. The van der Waals surface area contributed by atoms with E-state index in [0.717, 1.165) is 37.9 Å². The fraction of sp³-hybridized carbons (Fsp3) is 0.615. The van der Waals surface area contributed by atoms with Crippen molar-refractivity contribution in [3.8, 4) is 0 Å².